The Balaban J connectivity index is 1.89. The van der Waals surface area contributed by atoms with Crippen molar-refractivity contribution in [2.45, 2.75) is 19.4 Å². The van der Waals surface area contributed by atoms with Crippen LogP contribution in [0.2, 0.25) is 0 Å². The van der Waals surface area contributed by atoms with Gasteiger partial charge in [-0.05, 0) is 24.5 Å². The Morgan fingerprint density at radius 2 is 1.79 bits per heavy atom. The van der Waals surface area contributed by atoms with Crippen molar-refractivity contribution in [1.29, 1.82) is 0 Å². The summed E-state index contributed by atoms with van der Waals surface area (Å²) < 4.78 is 0. The number of aliphatic hydroxyl groups excluding tert-OH is 1. The second-order valence-corrected chi connectivity index (χ2v) is 5.18. The fraction of sp³-hybridized carbons (Fsp3) is 0.235. The molecule has 0 saturated carbocycles. The summed E-state index contributed by atoms with van der Waals surface area (Å²) in [6, 6.07) is 15.3. The van der Waals surface area contributed by atoms with Gasteiger partial charge in [0, 0.05) is 5.56 Å². The first-order chi connectivity index (χ1) is 9.16. The van der Waals surface area contributed by atoms with Gasteiger partial charge in [0.25, 0.3) is 0 Å². The Labute approximate surface area is 112 Å². The lowest BCUT2D eigenvalue weighted by atomic mass is 9.93. The molecule has 0 fully saturated rings. The van der Waals surface area contributed by atoms with Crippen LogP contribution in [-0.4, -0.2) is 10.9 Å². The quantitative estimate of drug-likeness (QED) is 0.834. The van der Waals surface area contributed by atoms with Gasteiger partial charge in [-0.15, -0.1) is 0 Å². The molecule has 0 spiro atoms. The zero-order valence-corrected chi connectivity index (χ0v) is 10.8. The second kappa shape index (κ2) is 4.63. The minimum Gasteiger partial charge on any atom is -0.388 e. The van der Waals surface area contributed by atoms with Crippen LogP contribution in [0.1, 0.15) is 33.2 Å². The van der Waals surface area contributed by atoms with Gasteiger partial charge in [0.15, 0.2) is 5.78 Å². The van der Waals surface area contributed by atoms with Crippen LogP contribution in [0.5, 0.6) is 0 Å². The number of rotatable bonds is 2. The third-order valence-electron chi connectivity index (χ3n) is 3.87. The molecule has 2 aromatic rings. The fourth-order valence-electron chi connectivity index (χ4n) is 2.74. The van der Waals surface area contributed by atoms with E-state index in [1.807, 2.05) is 55.5 Å². The van der Waals surface area contributed by atoms with Gasteiger partial charge in [-0.25, -0.2) is 0 Å². The van der Waals surface area contributed by atoms with E-state index >= 15 is 0 Å². The lowest BCUT2D eigenvalue weighted by Gasteiger charge is -2.14. The smallest absolute Gasteiger partial charge is 0.169 e. The monoisotopic (exact) mass is 252 g/mol. The van der Waals surface area contributed by atoms with Gasteiger partial charge >= 0.3 is 0 Å². The fourth-order valence-corrected chi connectivity index (χ4v) is 2.74. The normalized spacial score (nSPS) is 21.2. The van der Waals surface area contributed by atoms with Crippen LogP contribution in [0.3, 0.4) is 0 Å². The lowest BCUT2D eigenvalue weighted by Crippen LogP contribution is -2.19. The molecule has 0 radical (unpaired) electrons. The van der Waals surface area contributed by atoms with Crippen molar-refractivity contribution in [3.8, 4) is 0 Å². The molecule has 96 valence electrons. The molecular weight excluding hydrogens is 236 g/mol. The van der Waals surface area contributed by atoms with Crippen molar-refractivity contribution in [3.05, 3.63) is 70.8 Å². The predicted molar refractivity (Wildman–Crippen MR) is 74.1 cm³/mol. The highest BCUT2D eigenvalue weighted by Gasteiger charge is 2.35. The largest absolute Gasteiger partial charge is 0.388 e. The Morgan fingerprint density at radius 1 is 1.11 bits per heavy atom. The van der Waals surface area contributed by atoms with Gasteiger partial charge < -0.3 is 5.11 Å². The number of benzene rings is 2. The minimum atomic E-state index is -0.676. The average molecular weight is 252 g/mol. The highest BCUT2D eigenvalue weighted by molar-refractivity contribution is 5.99. The van der Waals surface area contributed by atoms with Crippen molar-refractivity contribution in [2.75, 3.05) is 0 Å². The summed E-state index contributed by atoms with van der Waals surface area (Å²) >= 11 is 0. The van der Waals surface area contributed by atoms with E-state index in [0.29, 0.717) is 12.0 Å². The van der Waals surface area contributed by atoms with Gasteiger partial charge in [-0.1, -0.05) is 54.1 Å². The molecule has 2 nitrogen and oxygen atoms in total. The molecule has 0 aliphatic heterocycles. The SMILES string of the molecule is Cc1ccc(C(=O)[C@@H]2Cc3ccccc3[C@@H]2O)cc1. The molecule has 1 aliphatic carbocycles. The molecule has 2 heteroatoms. The maximum Gasteiger partial charge on any atom is 0.169 e. The molecule has 2 atom stereocenters. The number of Topliss-reactive ketones (excluding diaryl/α,β-unsaturated/α-hetero) is 1. The maximum atomic E-state index is 12.5. The number of aliphatic hydroxyl groups is 1. The van der Waals surface area contributed by atoms with Crippen molar-refractivity contribution >= 4 is 5.78 Å². The van der Waals surface area contributed by atoms with Crippen LogP contribution in [0.15, 0.2) is 48.5 Å². The summed E-state index contributed by atoms with van der Waals surface area (Å²) in [6.07, 6.45) is -0.0469. The molecular formula is C17H16O2. The van der Waals surface area contributed by atoms with Gasteiger partial charge in [0.05, 0.1) is 12.0 Å². The van der Waals surface area contributed by atoms with Crippen LogP contribution in [0.25, 0.3) is 0 Å². The number of aryl methyl sites for hydroxylation is 1. The summed E-state index contributed by atoms with van der Waals surface area (Å²) in [5.41, 5.74) is 3.79. The second-order valence-electron chi connectivity index (χ2n) is 5.18. The zero-order valence-electron chi connectivity index (χ0n) is 10.8. The Morgan fingerprint density at radius 3 is 2.47 bits per heavy atom. The van der Waals surface area contributed by atoms with Crippen LogP contribution in [0, 0.1) is 12.8 Å². The molecule has 3 rings (SSSR count). The molecule has 19 heavy (non-hydrogen) atoms. The van der Waals surface area contributed by atoms with E-state index in [4.69, 9.17) is 0 Å². The van der Waals surface area contributed by atoms with Crippen molar-refractivity contribution in [2.24, 2.45) is 5.92 Å². The van der Waals surface area contributed by atoms with E-state index in [-0.39, 0.29) is 11.7 Å². The number of carbonyl (C=O) groups is 1. The zero-order chi connectivity index (χ0) is 13.4. The number of hydrogen-bond donors (Lipinski definition) is 1. The molecule has 0 amide bonds. The van der Waals surface area contributed by atoms with Crippen LogP contribution >= 0.6 is 0 Å². The third-order valence-corrected chi connectivity index (χ3v) is 3.87. The molecule has 0 saturated heterocycles. The minimum absolute atomic E-state index is 0.0312. The first-order valence-corrected chi connectivity index (χ1v) is 6.53. The van der Waals surface area contributed by atoms with Crippen molar-refractivity contribution < 1.29 is 9.90 Å². The van der Waals surface area contributed by atoms with Crippen molar-refractivity contribution in [3.63, 3.8) is 0 Å². The van der Waals surface area contributed by atoms with Crippen molar-refractivity contribution in [1.82, 2.24) is 0 Å². The topological polar surface area (TPSA) is 37.3 Å². The first-order valence-electron chi connectivity index (χ1n) is 6.53. The summed E-state index contributed by atoms with van der Waals surface area (Å²) in [7, 11) is 0. The highest BCUT2D eigenvalue weighted by atomic mass is 16.3. The van der Waals surface area contributed by atoms with Gasteiger partial charge in [-0.2, -0.15) is 0 Å². The summed E-state index contributed by atoms with van der Waals surface area (Å²) in [5.74, 6) is -0.316. The number of hydrogen-bond acceptors (Lipinski definition) is 2. The Kier molecular flexibility index (Phi) is 2.96. The number of fused-ring (bicyclic) bond motifs is 1. The van der Waals surface area contributed by atoms with E-state index in [1.54, 1.807) is 0 Å². The van der Waals surface area contributed by atoms with E-state index in [2.05, 4.69) is 0 Å². The highest BCUT2D eigenvalue weighted by Crippen LogP contribution is 2.37. The third kappa shape index (κ3) is 2.08. The van der Waals surface area contributed by atoms with Gasteiger partial charge in [0.1, 0.15) is 0 Å². The Hall–Kier alpha value is -1.93. The first kappa shape index (κ1) is 12.1. The average Bonchev–Trinajstić information content (AvgIpc) is 2.77. The molecule has 0 aromatic heterocycles. The standard InChI is InChI=1S/C17H16O2/c1-11-6-8-12(9-7-11)16(18)15-10-13-4-2-3-5-14(13)17(15)19/h2-9,15,17,19H,10H2,1H3/t15-,17-/m0/s1. The summed E-state index contributed by atoms with van der Waals surface area (Å²) in [5, 5.41) is 10.3. The van der Waals surface area contributed by atoms with E-state index in [1.165, 1.54) is 0 Å². The van der Waals surface area contributed by atoms with E-state index in [9.17, 15) is 9.90 Å². The summed E-state index contributed by atoms with van der Waals surface area (Å²) in [6.45, 7) is 1.99. The van der Waals surface area contributed by atoms with Crippen LogP contribution < -0.4 is 0 Å². The Bertz CT molecular complexity index is 613. The molecule has 0 heterocycles. The molecule has 2 aromatic carbocycles. The number of carbonyl (C=O) groups excluding carboxylic acids is 1. The van der Waals surface area contributed by atoms with Crippen LogP contribution in [0.4, 0.5) is 0 Å². The molecule has 0 bridgehead atoms. The summed E-state index contributed by atoms with van der Waals surface area (Å²) in [4.78, 5) is 12.5. The van der Waals surface area contributed by atoms with E-state index < -0.39 is 6.10 Å². The molecule has 1 N–H and O–H groups in total. The molecule has 0 unspecified atom stereocenters. The van der Waals surface area contributed by atoms with Gasteiger partial charge in [-0.3, -0.25) is 4.79 Å². The van der Waals surface area contributed by atoms with Gasteiger partial charge in [0.2, 0.25) is 0 Å². The lowest BCUT2D eigenvalue weighted by molar-refractivity contribution is 0.0725. The van der Waals surface area contributed by atoms with E-state index in [0.717, 1.165) is 16.7 Å². The predicted octanol–water partition coefficient (Wildman–Crippen LogP) is 3.08. The maximum absolute atomic E-state index is 12.5. The molecule has 1 aliphatic rings. The van der Waals surface area contributed by atoms with Crippen LogP contribution in [-0.2, 0) is 6.42 Å². The number of ketones is 1.